The summed E-state index contributed by atoms with van der Waals surface area (Å²) in [5, 5.41) is 3.07. The van der Waals surface area contributed by atoms with Crippen LogP contribution in [0.5, 0.6) is 0 Å². The van der Waals surface area contributed by atoms with Crippen LogP contribution in [-0.4, -0.2) is 15.9 Å². The van der Waals surface area contributed by atoms with Gasteiger partial charge in [-0.3, -0.25) is 9.78 Å². The van der Waals surface area contributed by atoms with Crippen LogP contribution in [0.15, 0.2) is 29.1 Å². The molecule has 2 aromatic heterocycles. The number of aryl methyl sites for hydroxylation is 1. The maximum absolute atomic E-state index is 12.0. The molecule has 0 aliphatic carbocycles. The first-order valence-corrected chi connectivity index (χ1v) is 5.78. The Kier molecular flexibility index (Phi) is 3.62. The smallest absolute Gasteiger partial charge is 0.253 e. The highest BCUT2D eigenvalue weighted by atomic mass is 35.5. The lowest BCUT2D eigenvalue weighted by Crippen LogP contribution is -2.27. The first-order valence-electron chi connectivity index (χ1n) is 5.40. The van der Waals surface area contributed by atoms with Crippen molar-refractivity contribution in [2.24, 2.45) is 0 Å². The Labute approximate surface area is 109 Å². The fourth-order valence-electron chi connectivity index (χ4n) is 1.47. The van der Waals surface area contributed by atoms with Crippen molar-refractivity contribution in [2.75, 3.05) is 0 Å². The molecule has 2 rings (SSSR count). The van der Waals surface area contributed by atoms with Crippen LogP contribution in [0.3, 0.4) is 0 Å². The molecule has 0 saturated carbocycles. The molecule has 6 heteroatoms. The Bertz CT molecular complexity index is 568. The first kappa shape index (κ1) is 12.6. The number of hydrogen-bond acceptors (Lipinski definition) is 4. The lowest BCUT2D eigenvalue weighted by Gasteiger charge is -2.10. The second-order valence-electron chi connectivity index (χ2n) is 3.86. The van der Waals surface area contributed by atoms with Gasteiger partial charge in [0, 0.05) is 12.4 Å². The minimum absolute atomic E-state index is 0.286. The van der Waals surface area contributed by atoms with Gasteiger partial charge in [-0.25, -0.2) is 4.98 Å². The van der Waals surface area contributed by atoms with Crippen molar-refractivity contribution in [1.82, 2.24) is 15.3 Å². The van der Waals surface area contributed by atoms with E-state index >= 15 is 0 Å². The van der Waals surface area contributed by atoms with Gasteiger partial charge < -0.3 is 9.73 Å². The number of rotatable bonds is 3. The average molecular weight is 266 g/mol. The molecule has 94 valence electrons. The molecule has 0 aromatic carbocycles. The van der Waals surface area contributed by atoms with E-state index < -0.39 is 0 Å². The molecule has 1 amide bonds. The Hall–Kier alpha value is -1.88. The van der Waals surface area contributed by atoms with Gasteiger partial charge in [-0.15, -0.1) is 0 Å². The monoisotopic (exact) mass is 265 g/mol. The molecular formula is C12H12ClN3O2. The number of nitrogens with zero attached hydrogens (tertiary/aromatic N) is 2. The van der Waals surface area contributed by atoms with Crippen LogP contribution in [0.1, 0.15) is 35.0 Å². The molecule has 0 bridgehead atoms. The molecule has 2 aromatic rings. The maximum atomic E-state index is 12.0. The summed E-state index contributed by atoms with van der Waals surface area (Å²) in [6.45, 7) is 3.59. The molecule has 0 spiro atoms. The van der Waals surface area contributed by atoms with Gasteiger partial charge in [-0.1, -0.05) is 11.6 Å². The molecule has 0 saturated heterocycles. The predicted octanol–water partition coefficient (Wildman–Crippen LogP) is 2.52. The molecule has 0 aliphatic heterocycles. The van der Waals surface area contributed by atoms with Gasteiger partial charge in [-0.2, -0.15) is 0 Å². The van der Waals surface area contributed by atoms with Crippen LogP contribution in [0, 0.1) is 6.92 Å². The summed E-state index contributed by atoms with van der Waals surface area (Å²) < 4.78 is 5.34. The Balaban J connectivity index is 2.10. The molecule has 0 aliphatic rings. The largest absolute Gasteiger partial charge is 0.444 e. The summed E-state index contributed by atoms with van der Waals surface area (Å²) in [6.07, 6.45) is 4.55. The van der Waals surface area contributed by atoms with Crippen molar-refractivity contribution >= 4 is 17.5 Å². The highest BCUT2D eigenvalue weighted by Crippen LogP contribution is 2.16. The maximum Gasteiger partial charge on any atom is 0.253 e. The number of carbonyl (C=O) groups excluding carboxylic acids is 1. The van der Waals surface area contributed by atoms with Crippen molar-refractivity contribution in [3.05, 3.63) is 46.9 Å². The van der Waals surface area contributed by atoms with E-state index in [-0.39, 0.29) is 11.9 Å². The van der Waals surface area contributed by atoms with Crippen molar-refractivity contribution in [3.8, 4) is 0 Å². The number of halogens is 1. The van der Waals surface area contributed by atoms with Crippen LogP contribution < -0.4 is 5.32 Å². The number of amides is 1. The number of pyridine rings is 1. The summed E-state index contributed by atoms with van der Waals surface area (Å²) >= 11 is 5.89. The Morgan fingerprint density at radius 2 is 2.28 bits per heavy atom. The van der Waals surface area contributed by atoms with Gasteiger partial charge in [-0.05, 0) is 19.9 Å². The molecule has 0 radical (unpaired) electrons. The molecule has 2 heterocycles. The summed E-state index contributed by atoms with van der Waals surface area (Å²) in [4.78, 5) is 19.8. The zero-order valence-corrected chi connectivity index (χ0v) is 10.7. The highest BCUT2D eigenvalue weighted by Gasteiger charge is 2.17. The number of nitrogens with one attached hydrogen (secondary N) is 1. The average Bonchev–Trinajstić information content (AvgIpc) is 2.76. The molecule has 18 heavy (non-hydrogen) atoms. The quantitative estimate of drug-likeness (QED) is 0.926. The molecular weight excluding hydrogens is 254 g/mol. The van der Waals surface area contributed by atoms with E-state index in [1.54, 1.807) is 26.1 Å². The first-order chi connectivity index (χ1) is 8.58. The minimum Gasteiger partial charge on any atom is -0.444 e. The standard InChI is InChI=1S/C12H12ClN3O2/c1-7-5-15-12(18-7)8(2)16-11(17)9-3-4-14-6-10(9)13/h3-6,8H,1-2H3,(H,16,17). The molecule has 1 unspecified atom stereocenters. The third kappa shape index (κ3) is 2.68. The lowest BCUT2D eigenvalue weighted by molar-refractivity contribution is 0.0934. The molecule has 1 N–H and O–H groups in total. The summed E-state index contributed by atoms with van der Waals surface area (Å²) in [5.41, 5.74) is 0.377. The van der Waals surface area contributed by atoms with Crippen molar-refractivity contribution in [3.63, 3.8) is 0 Å². The van der Waals surface area contributed by atoms with Gasteiger partial charge in [0.1, 0.15) is 11.8 Å². The number of carbonyl (C=O) groups is 1. The summed E-state index contributed by atoms with van der Waals surface area (Å²) in [7, 11) is 0. The number of oxazole rings is 1. The van der Waals surface area contributed by atoms with Gasteiger partial charge in [0.15, 0.2) is 0 Å². The minimum atomic E-state index is -0.324. The van der Waals surface area contributed by atoms with E-state index in [0.29, 0.717) is 22.2 Å². The van der Waals surface area contributed by atoms with E-state index in [1.165, 1.54) is 12.4 Å². The summed E-state index contributed by atoms with van der Waals surface area (Å²) in [5.74, 6) is 0.879. The van der Waals surface area contributed by atoms with E-state index in [2.05, 4.69) is 15.3 Å². The highest BCUT2D eigenvalue weighted by molar-refractivity contribution is 6.33. The van der Waals surface area contributed by atoms with Crippen molar-refractivity contribution in [1.29, 1.82) is 0 Å². The zero-order valence-electron chi connectivity index (χ0n) is 9.98. The third-order valence-corrected chi connectivity index (χ3v) is 2.68. The zero-order chi connectivity index (χ0) is 13.1. The van der Waals surface area contributed by atoms with Crippen LogP contribution in [-0.2, 0) is 0 Å². The summed E-state index contributed by atoms with van der Waals surface area (Å²) in [6, 6.07) is 1.24. The van der Waals surface area contributed by atoms with Crippen LogP contribution >= 0.6 is 11.6 Å². The van der Waals surface area contributed by atoms with Crippen LogP contribution in [0.25, 0.3) is 0 Å². The van der Waals surface area contributed by atoms with Crippen LogP contribution in [0.4, 0.5) is 0 Å². The van der Waals surface area contributed by atoms with Gasteiger partial charge in [0.05, 0.1) is 16.8 Å². The normalized spacial score (nSPS) is 12.2. The van der Waals surface area contributed by atoms with Crippen LogP contribution in [0.2, 0.25) is 5.02 Å². The number of hydrogen-bond donors (Lipinski definition) is 1. The molecule has 0 fully saturated rings. The Morgan fingerprint density at radius 3 is 2.89 bits per heavy atom. The third-order valence-electron chi connectivity index (χ3n) is 2.37. The van der Waals surface area contributed by atoms with Gasteiger partial charge in [0.2, 0.25) is 5.89 Å². The van der Waals surface area contributed by atoms with E-state index in [4.69, 9.17) is 16.0 Å². The Morgan fingerprint density at radius 1 is 1.50 bits per heavy atom. The second-order valence-corrected chi connectivity index (χ2v) is 4.27. The van der Waals surface area contributed by atoms with Gasteiger partial charge in [0.25, 0.3) is 5.91 Å². The SMILES string of the molecule is Cc1cnc(C(C)NC(=O)c2ccncc2Cl)o1. The van der Waals surface area contributed by atoms with E-state index in [1.807, 2.05) is 0 Å². The fourth-order valence-corrected chi connectivity index (χ4v) is 1.67. The second kappa shape index (κ2) is 5.18. The van der Waals surface area contributed by atoms with Crippen molar-refractivity contribution < 1.29 is 9.21 Å². The molecule has 5 nitrogen and oxygen atoms in total. The fraction of sp³-hybridized carbons (Fsp3) is 0.250. The molecule has 1 atom stereocenters. The topological polar surface area (TPSA) is 68.0 Å². The van der Waals surface area contributed by atoms with E-state index in [9.17, 15) is 4.79 Å². The van der Waals surface area contributed by atoms with Crippen molar-refractivity contribution in [2.45, 2.75) is 19.9 Å². The van der Waals surface area contributed by atoms with E-state index in [0.717, 1.165) is 0 Å². The lowest BCUT2D eigenvalue weighted by atomic mass is 10.2. The van der Waals surface area contributed by atoms with Gasteiger partial charge >= 0.3 is 0 Å². The predicted molar refractivity (Wildman–Crippen MR) is 66.4 cm³/mol. The number of aromatic nitrogens is 2.